The van der Waals surface area contributed by atoms with E-state index >= 15 is 0 Å². The largest absolute Gasteiger partial charge is 0.310 e. The smallest absolute Gasteiger partial charge is 0.123 e. The van der Waals surface area contributed by atoms with Crippen LogP contribution >= 0.6 is 23.4 Å². The molecule has 0 unspecified atom stereocenters. The van der Waals surface area contributed by atoms with Crippen molar-refractivity contribution < 1.29 is 4.39 Å². The van der Waals surface area contributed by atoms with Crippen LogP contribution in [0.5, 0.6) is 0 Å². The van der Waals surface area contributed by atoms with Crippen LogP contribution in [0.2, 0.25) is 5.02 Å². The second-order valence-electron chi connectivity index (χ2n) is 4.96. The highest BCUT2D eigenvalue weighted by atomic mass is 35.5. The number of benzene rings is 2. The molecule has 1 nitrogen and oxygen atoms in total. The Morgan fingerprint density at radius 2 is 1.90 bits per heavy atom. The fraction of sp³-hybridized carbons (Fsp3) is 0.250. The Labute approximate surface area is 127 Å². The fourth-order valence-corrected chi connectivity index (χ4v) is 3.16. The molecule has 20 heavy (non-hydrogen) atoms. The second-order valence-corrected chi connectivity index (χ2v) is 6.51. The minimum atomic E-state index is -0.212. The van der Waals surface area contributed by atoms with Crippen LogP contribution in [0.25, 0.3) is 0 Å². The van der Waals surface area contributed by atoms with Crippen molar-refractivity contribution in [3.63, 3.8) is 0 Å². The molecule has 1 aliphatic rings. The van der Waals surface area contributed by atoms with Crippen molar-refractivity contribution >= 4 is 23.4 Å². The van der Waals surface area contributed by atoms with Gasteiger partial charge in [-0.3, -0.25) is 0 Å². The summed E-state index contributed by atoms with van der Waals surface area (Å²) in [6, 6.07) is 13.2. The molecule has 1 saturated carbocycles. The summed E-state index contributed by atoms with van der Waals surface area (Å²) < 4.78 is 12.9. The first-order valence-corrected chi connectivity index (χ1v) is 7.85. The van der Waals surface area contributed by atoms with Gasteiger partial charge in [0.2, 0.25) is 0 Å². The predicted octanol–water partition coefficient (Wildman–Crippen LogP) is 4.88. The highest BCUT2D eigenvalue weighted by Crippen LogP contribution is 2.33. The summed E-state index contributed by atoms with van der Waals surface area (Å²) in [4.78, 5) is 2.14. The van der Waals surface area contributed by atoms with E-state index < -0.39 is 0 Å². The molecular weight excluding hydrogens is 293 g/mol. The molecule has 104 valence electrons. The van der Waals surface area contributed by atoms with Crippen LogP contribution in [0.15, 0.2) is 52.3 Å². The fourth-order valence-electron chi connectivity index (χ4n) is 1.94. The van der Waals surface area contributed by atoms with Gasteiger partial charge in [0.05, 0.1) is 0 Å². The third kappa shape index (κ3) is 3.75. The third-order valence-corrected chi connectivity index (χ3v) is 4.57. The maximum atomic E-state index is 12.9. The van der Waals surface area contributed by atoms with Gasteiger partial charge < -0.3 is 5.32 Å². The zero-order chi connectivity index (χ0) is 13.9. The van der Waals surface area contributed by atoms with Gasteiger partial charge in [0.1, 0.15) is 5.82 Å². The number of rotatable bonds is 5. The minimum Gasteiger partial charge on any atom is -0.310 e. The number of nitrogens with one attached hydrogen (secondary N) is 1. The predicted molar refractivity (Wildman–Crippen MR) is 81.8 cm³/mol. The van der Waals surface area contributed by atoms with Crippen molar-refractivity contribution in [3.05, 3.63) is 58.9 Å². The van der Waals surface area contributed by atoms with Gasteiger partial charge in [0.15, 0.2) is 0 Å². The Bertz CT molecular complexity index is 596. The molecule has 1 N–H and O–H groups in total. The first-order valence-electron chi connectivity index (χ1n) is 6.66. The van der Waals surface area contributed by atoms with E-state index in [4.69, 9.17) is 11.6 Å². The summed E-state index contributed by atoms with van der Waals surface area (Å²) >= 11 is 7.71. The molecule has 0 spiro atoms. The second kappa shape index (κ2) is 6.17. The first kappa shape index (κ1) is 13.9. The molecule has 2 aromatic carbocycles. The van der Waals surface area contributed by atoms with E-state index in [0.717, 1.165) is 21.4 Å². The lowest BCUT2D eigenvalue weighted by Crippen LogP contribution is -2.15. The molecule has 3 rings (SSSR count). The van der Waals surface area contributed by atoms with E-state index in [1.165, 1.54) is 30.5 Å². The van der Waals surface area contributed by atoms with Crippen molar-refractivity contribution in [1.29, 1.82) is 0 Å². The van der Waals surface area contributed by atoms with E-state index in [-0.39, 0.29) is 5.82 Å². The van der Waals surface area contributed by atoms with E-state index in [0.29, 0.717) is 6.04 Å². The van der Waals surface area contributed by atoms with Crippen molar-refractivity contribution in [2.24, 2.45) is 0 Å². The molecule has 0 radical (unpaired) electrons. The monoisotopic (exact) mass is 307 g/mol. The molecule has 0 aromatic heterocycles. The number of hydrogen-bond donors (Lipinski definition) is 1. The Morgan fingerprint density at radius 1 is 1.15 bits per heavy atom. The van der Waals surface area contributed by atoms with Crippen molar-refractivity contribution in [3.8, 4) is 0 Å². The third-order valence-electron chi connectivity index (χ3n) is 3.23. The summed E-state index contributed by atoms with van der Waals surface area (Å²) in [7, 11) is 0. The zero-order valence-electron chi connectivity index (χ0n) is 10.9. The highest BCUT2D eigenvalue weighted by Gasteiger charge is 2.20. The molecule has 1 fully saturated rings. The van der Waals surface area contributed by atoms with Gasteiger partial charge in [-0.15, -0.1) is 0 Å². The van der Waals surface area contributed by atoms with Crippen molar-refractivity contribution in [2.45, 2.75) is 35.2 Å². The van der Waals surface area contributed by atoms with Gasteiger partial charge in [0.25, 0.3) is 0 Å². The van der Waals surface area contributed by atoms with E-state index in [9.17, 15) is 4.39 Å². The molecule has 0 bridgehead atoms. The SMILES string of the molecule is Fc1ccc(Sc2cc(Cl)ccc2CNC2CC2)cc1. The summed E-state index contributed by atoms with van der Waals surface area (Å²) in [5.74, 6) is -0.212. The summed E-state index contributed by atoms with van der Waals surface area (Å²) in [5.41, 5.74) is 1.23. The zero-order valence-corrected chi connectivity index (χ0v) is 12.5. The van der Waals surface area contributed by atoms with Gasteiger partial charge in [-0.1, -0.05) is 29.4 Å². The average molecular weight is 308 g/mol. The van der Waals surface area contributed by atoms with Gasteiger partial charge in [0, 0.05) is 27.4 Å². The molecule has 4 heteroatoms. The van der Waals surface area contributed by atoms with Crippen LogP contribution in [0.1, 0.15) is 18.4 Å². The van der Waals surface area contributed by atoms with Crippen molar-refractivity contribution in [2.75, 3.05) is 0 Å². The van der Waals surface area contributed by atoms with Gasteiger partial charge >= 0.3 is 0 Å². The molecule has 2 aromatic rings. The van der Waals surface area contributed by atoms with Crippen LogP contribution in [-0.4, -0.2) is 6.04 Å². The maximum Gasteiger partial charge on any atom is 0.123 e. The summed E-state index contributed by atoms with van der Waals surface area (Å²) in [6.07, 6.45) is 2.54. The van der Waals surface area contributed by atoms with E-state index in [2.05, 4.69) is 11.4 Å². The highest BCUT2D eigenvalue weighted by molar-refractivity contribution is 7.99. The van der Waals surface area contributed by atoms with Crippen LogP contribution in [0.4, 0.5) is 4.39 Å². The molecule has 0 aliphatic heterocycles. The Balaban J connectivity index is 1.78. The molecule has 0 amide bonds. The standard InChI is InChI=1S/C16H15ClFNS/c17-12-2-1-11(10-19-14-5-6-14)16(9-12)20-15-7-3-13(18)4-8-15/h1-4,7-9,14,19H,5-6,10H2. The Kier molecular flexibility index (Phi) is 4.29. The Hall–Kier alpha value is -1.03. The van der Waals surface area contributed by atoms with Crippen LogP contribution in [-0.2, 0) is 6.54 Å². The summed E-state index contributed by atoms with van der Waals surface area (Å²) in [5, 5.41) is 4.24. The molecule has 0 saturated heterocycles. The van der Waals surface area contributed by atoms with Crippen LogP contribution < -0.4 is 5.32 Å². The van der Waals surface area contributed by atoms with Gasteiger partial charge in [-0.2, -0.15) is 0 Å². The topological polar surface area (TPSA) is 12.0 Å². The maximum absolute atomic E-state index is 12.9. The lowest BCUT2D eigenvalue weighted by atomic mass is 10.2. The quantitative estimate of drug-likeness (QED) is 0.844. The average Bonchev–Trinajstić information content (AvgIpc) is 3.25. The van der Waals surface area contributed by atoms with Crippen molar-refractivity contribution in [1.82, 2.24) is 5.32 Å². The van der Waals surface area contributed by atoms with Gasteiger partial charge in [-0.05, 0) is 54.8 Å². The lowest BCUT2D eigenvalue weighted by molar-refractivity contribution is 0.626. The molecule has 0 heterocycles. The van der Waals surface area contributed by atoms with E-state index in [1.807, 2.05) is 12.1 Å². The molecule has 0 atom stereocenters. The Morgan fingerprint density at radius 3 is 2.60 bits per heavy atom. The number of hydrogen-bond acceptors (Lipinski definition) is 2. The lowest BCUT2D eigenvalue weighted by Gasteiger charge is -2.10. The minimum absolute atomic E-state index is 0.212. The summed E-state index contributed by atoms with van der Waals surface area (Å²) in [6.45, 7) is 0.853. The molecule has 1 aliphatic carbocycles. The molecular formula is C16H15ClFNS. The van der Waals surface area contributed by atoms with Crippen LogP contribution in [0, 0.1) is 5.82 Å². The normalized spacial score (nSPS) is 14.5. The van der Waals surface area contributed by atoms with Gasteiger partial charge in [-0.25, -0.2) is 4.39 Å². The van der Waals surface area contributed by atoms with E-state index in [1.54, 1.807) is 23.9 Å². The number of halogens is 2. The van der Waals surface area contributed by atoms with Crippen LogP contribution in [0.3, 0.4) is 0 Å². The first-order chi connectivity index (χ1) is 9.70.